The van der Waals surface area contributed by atoms with E-state index >= 15 is 8.78 Å². The molecule has 2 aromatic rings. The van der Waals surface area contributed by atoms with Gasteiger partial charge in [0.15, 0.2) is 5.03 Å². The summed E-state index contributed by atoms with van der Waals surface area (Å²) in [6, 6.07) is 9.10. The molecule has 0 saturated carbocycles. The van der Waals surface area contributed by atoms with E-state index in [0.29, 0.717) is 0 Å². The van der Waals surface area contributed by atoms with Gasteiger partial charge >= 0.3 is 5.25 Å². The van der Waals surface area contributed by atoms with Crippen molar-refractivity contribution in [3.63, 3.8) is 0 Å². The average molecular weight is 402 g/mol. The van der Waals surface area contributed by atoms with Crippen LogP contribution in [0.25, 0.3) is 0 Å². The first-order chi connectivity index (χ1) is 12.0. The van der Waals surface area contributed by atoms with Gasteiger partial charge in [-0.2, -0.15) is 8.78 Å². The summed E-state index contributed by atoms with van der Waals surface area (Å²) < 4.78 is 69.3. The van der Waals surface area contributed by atoms with Gasteiger partial charge in [0.2, 0.25) is 0 Å². The van der Waals surface area contributed by atoms with Crippen LogP contribution in [0, 0.1) is 0 Å². The Bertz CT molecular complexity index is 868. The SMILES string of the molecule is CC(C)(C)S(=O)N[C@@H](c1ccccc1)C(F)(F)S(=O)(=O)c1ccccn1. The molecule has 2 rings (SSSR count). The molecule has 0 saturated heterocycles. The van der Waals surface area contributed by atoms with Crippen molar-refractivity contribution in [2.45, 2.75) is 41.8 Å². The first-order valence-electron chi connectivity index (χ1n) is 7.74. The molecule has 1 heterocycles. The molecule has 0 aliphatic carbocycles. The summed E-state index contributed by atoms with van der Waals surface area (Å²) in [5.41, 5.74) is 0.00889. The lowest BCUT2D eigenvalue weighted by molar-refractivity contribution is 0.0556. The third kappa shape index (κ3) is 4.16. The molecule has 0 spiro atoms. The lowest BCUT2D eigenvalue weighted by Gasteiger charge is -2.30. The molecule has 0 radical (unpaired) electrons. The number of alkyl halides is 2. The first kappa shape index (κ1) is 20.6. The van der Waals surface area contributed by atoms with Crippen LogP contribution in [0.1, 0.15) is 32.4 Å². The maximum Gasteiger partial charge on any atom is 0.371 e. The Morgan fingerprint density at radius 2 is 1.62 bits per heavy atom. The van der Waals surface area contributed by atoms with Crippen molar-refractivity contribution in [2.24, 2.45) is 0 Å². The van der Waals surface area contributed by atoms with E-state index in [1.54, 1.807) is 26.8 Å². The highest BCUT2D eigenvalue weighted by molar-refractivity contribution is 7.92. The molecular weight excluding hydrogens is 382 g/mol. The minimum Gasteiger partial charge on any atom is -0.245 e. The van der Waals surface area contributed by atoms with Crippen LogP contribution in [0.4, 0.5) is 8.78 Å². The summed E-state index contributed by atoms with van der Waals surface area (Å²) in [4.78, 5) is 3.55. The highest BCUT2D eigenvalue weighted by atomic mass is 32.2. The molecule has 26 heavy (non-hydrogen) atoms. The molecule has 2 atom stereocenters. The second-order valence-electron chi connectivity index (χ2n) is 6.58. The van der Waals surface area contributed by atoms with E-state index in [0.717, 1.165) is 12.3 Å². The minimum atomic E-state index is -5.12. The van der Waals surface area contributed by atoms with E-state index < -0.39 is 41.9 Å². The number of rotatable bonds is 6. The van der Waals surface area contributed by atoms with E-state index in [2.05, 4.69) is 9.71 Å². The van der Waals surface area contributed by atoms with Gasteiger partial charge < -0.3 is 0 Å². The Morgan fingerprint density at radius 3 is 2.12 bits per heavy atom. The molecule has 1 aromatic heterocycles. The zero-order valence-corrected chi connectivity index (χ0v) is 16.2. The fraction of sp³-hybridized carbons (Fsp3) is 0.353. The Kier molecular flexibility index (Phi) is 5.94. The van der Waals surface area contributed by atoms with Gasteiger partial charge in [0.1, 0.15) is 6.04 Å². The van der Waals surface area contributed by atoms with Crippen molar-refractivity contribution in [1.82, 2.24) is 9.71 Å². The third-order valence-corrected chi connectivity index (χ3v) is 6.83. The van der Waals surface area contributed by atoms with E-state index in [9.17, 15) is 12.6 Å². The van der Waals surface area contributed by atoms with Crippen LogP contribution in [0.5, 0.6) is 0 Å². The zero-order chi connectivity index (χ0) is 19.6. The van der Waals surface area contributed by atoms with Crippen LogP contribution < -0.4 is 4.72 Å². The molecule has 5 nitrogen and oxygen atoms in total. The van der Waals surface area contributed by atoms with Gasteiger partial charge in [0.05, 0.1) is 15.7 Å². The highest BCUT2D eigenvalue weighted by Gasteiger charge is 2.55. The van der Waals surface area contributed by atoms with Crippen molar-refractivity contribution < 1.29 is 21.4 Å². The summed E-state index contributed by atoms with van der Waals surface area (Å²) in [5.74, 6) is 0. The largest absolute Gasteiger partial charge is 0.371 e. The lowest BCUT2D eigenvalue weighted by Crippen LogP contribution is -2.47. The Balaban J connectivity index is 2.55. The highest BCUT2D eigenvalue weighted by Crippen LogP contribution is 2.40. The van der Waals surface area contributed by atoms with Crippen LogP contribution in [0.2, 0.25) is 0 Å². The number of hydrogen-bond donors (Lipinski definition) is 1. The minimum absolute atomic E-state index is 0.00889. The maximum absolute atomic E-state index is 15.2. The topological polar surface area (TPSA) is 76.1 Å². The number of pyridine rings is 1. The summed E-state index contributed by atoms with van der Waals surface area (Å²) >= 11 is 0. The van der Waals surface area contributed by atoms with Crippen LogP contribution in [0.15, 0.2) is 59.8 Å². The normalized spacial score (nSPS) is 15.4. The van der Waals surface area contributed by atoms with Crippen molar-refractivity contribution >= 4 is 20.8 Å². The number of nitrogens with one attached hydrogen (secondary N) is 1. The molecule has 1 N–H and O–H groups in total. The van der Waals surface area contributed by atoms with Crippen molar-refractivity contribution in [1.29, 1.82) is 0 Å². The molecule has 1 unspecified atom stereocenters. The molecule has 0 fully saturated rings. The molecule has 142 valence electrons. The van der Waals surface area contributed by atoms with Crippen molar-refractivity contribution in [3.8, 4) is 0 Å². The second-order valence-corrected chi connectivity index (χ2v) is 10.5. The fourth-order valence-electron chi connectivity index (χ4n) is 2.06. The van der Waals surface area contributed by atoms with Crippen molar-refractivity contribution in [2.75, 3.05) is 0 Å². The van der Waals surface area contributed by atoms with Gasteiger partial charge in [-0.3, -0.25) is 0 Å². The standard InChI is InChI=1S/C17H20F2N2O3S2/c1-16(2,3)25(22)21-15(13-9-5-4-6-10-13)17(18,19)26(23,24)14-11-7-8-12-20-14/h4-12,15,21H,1-3H3/t15-,25?/m0/s1. The molecule has 0 aliphatic rings. The summed E-state index contributed by atoms with van der Waals surface area (Å²) in [5, 5.41) is -5.02. The Labute approximate surface area is 154 Å². The maximum atomic E-state index is 15.2. The molecule has 1 aromatic carbocycles. The zero-order valence-electron chi connectivity index (χ0n) is 14.5. The van der Waals surface area contributed by atoms with Crippen LogP contribution in [-0.2, 0) is 20.8 Å². The average Bonchev–Trinajstić information content (AvgIpc) is 2.59. The molecule has 0 amide bonds. The summed E-state index contributed by atoms with van der Waals surface area (Å²) in [7, 11) is -7.04. The second kappa shape index (κ2) is 7.50. The lowest BCUT2D eigenvalue weighted by atomic mass is 10.1. The van der Waals surface area contributed by atoms with Gasteiger partial charge in [-0.15, -0.1) is 0 Å². The molecule has 9 heteroatoms. The summed E-state index contributed by atoms with van der Waals surface area (Å²) in [6.45, 7) is 4.80. The quantitative estimate of drug-likeness (QED) is 0.805. The predicted octanol–water partition coefficient (Wildman–Crippen LogP) is 3.24. The number of aromatic nitrogens is 1. The first-order valence-corrected chi connectivity index (χ1v) is 10.4. The molecular formula is C17H20F2N2O3S2. The fourth-order valence-corrected chi connectivity index (χ4v) is 4.23. The summed E-state index contributed by atoms with van der Waals surface area (Å²) in [6.07, 6.45) is 1.13. The molecule has 0 bridgehead atoms. The van der Waals surface area contributed by atoms with Gasteiger partial charge in [-0.25, -0.2) is 22.3 Å². The van der Waals surface area contributed by atoms with E-state index in [-0.39, 0.29) is 5.56 Å². The number of sulfone groups is 1. The van der Waals surface area contributed by atoms with Gasteiger partial charge in [-0.1, -0.05) is 36.4 Å². The van der Waals surface area contributed by atoms with E-state index in [1.807, 2.05) is 0 Å². The van der Waals surface area contributed by atoms with Gasteiger partial charge in [0, 0.05) is 6.20 Å². The Hall–Kier alpha value is -1.71. The van der Waals surface area contributed by atoms with E-state index in [1.165, 1.54) is 36.4 Å². The number of hydrogen-bond acceptors (Lipinski definition) is 4. The Morgan fingerprint density at radius 1 is 1.04 bits per heavy atom. The predicted molar refractivity (Wildman–Crippen MR) is 96.6 cm³/mol. The van der Waals surface area contributed by atoms with Crippen LogP contribution in [0.3, 0.4) is 0 Å². The number of nitrogens with zero attached hydrogens (tertiary/aromatic N) is 1. The monoisotopic (exact) mass is 402 g/mol. The van der Waals surface area contributed by atoms with E-state index in [4.69, 9.17) is 0 Å². The van der Waals surface area contributed by atoms with Crippen LogP contribution >= 0.6 is 0 Å². The third-order valence-electron chi connectivity index (χ3n) is 3.52. The van der Waals surface area contributed by atoms with Gasteiger partial charge in [0.25, 0.3) is 9.84 Å². The smallest absolute Gasteiger partial charge is 0.245 e. The number of halogens is 2. The van der Waals surface area contributed by atoms with Crippen molar-refractivity contribution in [3.05, 3.63) is 60.3 Å². The van der Waals surface area contributed by atoms with Crippen LogP contribution in [-0.4, -0.2) is 27.6 Å². The van der Waals surface area contributed by atoms with Gasteiger partial charge in [-0.05, 0) is 38.5 Å². The number of benzene rings is 1. The molecule has 0 aliphatic heterocycles.